The highest BCUT2D eigenvalue weighted by atomic mass is 16.1. The molecule has 3 heteroatoms. The Morgan fingerprint density at radius 2 is 1.00 bits per heavy atom. The molecule has 0 aliphatic carbocycles. The van der Waals surface area contributed by atoms with Crippen molar-refractivity contribution in [1.82, 2.24) is 0 Å². The molecule has 122 valence electrons. The first-order valence-corrected chi connectivity index (χ1v) is 8.17. The first-order chi connectivity index (χ1) is 11.9. The van der Waals surface area contributed by atoms with Gasteiger partial charge in [0.25, 0.3) is 0 Å². The van der Waals surface area contributed by atoms with Crippen molar-refractivity contribution in [3.8, 4) is 0 Å². The van der Waals surface area contributed by atoms with Crippen LogP contribution in [0.3, 0.4) is 0 Å². The molecule has 0 atom stereocenters. The highest BCUT2D eigenvalue weighted by Crippen LogP contribution is 2.39. The number of rotatable bonds is 3. The average molecular weight is 328 g/mol. The molecule has 0 radical (unpaired) electrons. The lowest BCUT2D eigenvalue weighted by Crippen LogP contribution is -2.03. The highest BCUT2D eigenvalue weighted by Gasteiger charge is 2.19. The summed E-state index contributed by atoms with van der Waals surface area (Å²) in [5.41, 5.74) is 1.74. The molecule has 0 N–H and O–H groups in total. The normalized spacial score (nSPS) is 11.5. The van der Waals surface area contributed by atoms with Crippen LogP contribution < -0.4 is 0 Å². The van der Waals surface area contributed by atoms with Gasteiger partial charge in [0.2, 0.25) is 0 Å². The van der Waals surface area contributed by atoms with Gasteiger partial charge in [-0.3, -0.25) is 14.4 Å². The Bertz CT molecular complexity index is 1180. The Balaban J connectivity index is 2.36. The van der Waals surface area contributed by atoms with Gasteiger partial charge in [0.1, 0.15) is 0 Å². The lowest BCUT2D eigenvalue weighted by Gasteiger charge is -2.16. The summed E-state index contributed by atoms with van der Waals surface area (Å²) in [5.74, 6) is -0.157. The zero-order valence-electron chi connectivity index (χ0n) is 14.3. The van der Waals surface area contributed by atoms with Gasteiger partial charge in [-0.05, 0) is 59.2 Å². The molecule has 0 unspecified atom stereocenters. The van der Waals surface area contributed by atoms with E-state index in [1.807, 2.05) is 36.4 Å². The van der Waals surface area contributed by atoms with Crippen LogP contribution in [0, 0.1) is 0 Å². The Morgan fingerprint density at radius 1 is 0.560 bits per heavy atom. The van der Waals surface area contributed by atoms with Crippen LogP contribution in [0.2, 0.25) is 0 Å². The van der Waals surface area contributed by atoms with E-state index in [2.05, 4.69) is 0 Å². The maximum absolute atomic E-state index is 12.2. The molecule has 0 saturated carbocycles. The van der Waals surface area contributed by atoms with E-state index in [9.17, 15) is 14.4 Å². The van der Waals surface area contributed by atoms with E-state index >= 15 is 0 Å². The van der Waals surface area contributed by atoms with Crippen LogP contribution in [0.5, 0.6) is 0 Å². The topological polar surface area (TPSA) is 51.2 Å². The summed E-state index contributed by atoms with van der Waals surface area (Å²) in [4.78, 5) is 36.4. The molecular formula is C22H16O3. The van der Waals surface area contributed by atoms with E-state index < -0.39 is 0 Å². The molecule has 0 aromatic heterocycles. The van der Waals surface area contributed by atoms with Gasteiger partial charge in [0.05, 0.1) is 0 Å². The average Bonchev–Trinajstić information content (AvgIpc) is 2.58. The first-order valence-electron chi connectivity index (χ1n) is 8.17. The molecule has 0 spiro atoms. The van der Waals surface area contributed by atoms with E-state index in [0.29, 0.717) is 16.7 Å². The third-order valence-corrected chi connectivity index (χ3v) is 4.92. The maximum atomic E-state index is 12.2. The highest BCUT2D eigenvalue weighted by molar-refractivity contribution is 6.31. The monoisotopic (exact) mass is 328 g/mol. The number of hydrogen-bond donors (Lipinski definition) is 0. The van der Waals surface area contributed by atoms with Gasteiger partial charge in [-0.15, -0.1) is 0 Å². The van der Waals surface area contributed by atoms with Gasteiger partial charge < -0.3 is 0 Å². The van der Waals surface area contributed by atoms with Crippen molar-refractivity contribution in [3.63, 3.8) is 0 Å². The summed E-state index contributed by atoms with van der Waals surface area (Å²) in [6, 6.07) is 13.1. The van der Waals surface area contributed by atoms with Crippen LogP contribution in [-0.4, -0.2) is 17.3 Å². The van der Waals surface area contributed by atoms with Gasteiger partial charge in [-0.2, -0.15) is 0 Å². The first kappa shape index (κ1) is 15.5. The molecule has 4 aromatic carbocycles. The maximum Gasteiger partial charge on any atom is 0.160 e. The lowest BCUT2D eigenvalue weighted by molar-refractivity contribution is 0.100. The molecule has 0 fully saturated rings. The van der Waals surface area contributed by atoms with Crippen LogP contribution >= 0.6 is 0 Å². The van der Waals surface area contributed by atoms with Crippen molar-refractivity contribution < 1.29 is 14.4 Å². The molecule has 0 bridgehead atoms. The summed E-state index contributed by atoms with van der Waals surface area (Å²) in [7, 11) is 0. The molecule has 0 amide bonds. The number of benzene rings is 4. The van der Waals surface area contributed by atoms with E-state index in [1.165, 1.54) is 13.8 Å². The van der Waals surface area contributed by atoms with E-state index in [4.69, 9.17) is 0 Å². The van der Waals surface area contributed by atoms with Crippen molar-refractivity contribution in [1.29, 1.82) is 0 Å². The number of carbonyl (C=O) groups excluding carboxylic acids is 3. The number of ketones is 3. The second-order valence-electron chi connectivity index (χ2n) is 6.50. The van der Waals surface area contributed by atoms with Gasteiger partial charge in [0, 0.05) is 16.7 Å². The minimum Gasteiger partial charge on any atom is -0.294 e. The van der Waals surface area contributed by atoms with Crippen LogP contribution in [0.25, 0.3) is 32.3 Å². The smallest absolute Gasteiger partial charge is 0.160 e. The molecule has 3 nitrogen and oxygen atoms in total. The second-order valence-corrected chi connectivity index (χ2v) is 6.50. The molecule has 25 heavy (non-hydrogen) atoms. The molecule has 4 aromatic rings. The van der Waals surface area contributed by atoms with Crippen LogP contribution in [-0.2, 0) is 0 Å². The predicted molar refractivity (Wildman–Crippen MR) is 100 cm³/mol. The predicted octanol–water partition coefficient (Wildman–Crippen LogP) is 5.19. The Morgan fingerprint density at radius 3 is 1.52 bits per heavy atom. The molecule has 0 heterocycles. The standard InChI is InChI=1S/C22H16O3/c1-11(23)15-6-4-14-5-7-17-19(12(2)24)10-20(13(3)25)18-9-8-16(15)21(14)22(17)18/h4-10H,1-3H3. The Hall–Kier alpha value is -3.07. The van der Waals surface area contributed by atoms with E-state index in [0.717, 1.165) is 32.3 Å². The number of hydrogen-bond acceptors (Lipinski definition) is 3. The fourth-order valence-electron chi connectivity index (χ4n) is 3.79. The van der Waals surface area contributed by atoms with Crippen LogP contribution in [0.1, 0.15) is 51.8 Å². The lowest BCUT2D eigenvalue weighted by atomic mass is 9.86. The fraction of sp³-hybridized carbons (Fsp3) is 0.136. The van der Waals surface area contributed by atoms with Crippen molar-refractivity contribution in [3.05, 3.63) is 59.2 Å². The minimum absolute atomic E-state index is 0.00323. The van der Waals surface area contributed by atoms with Crippen molar-refractivity contribution in [2.45, 2.75) is 20.8 Å². The van der Waals surface area contributed by atoms with Crippen LogP contribution in [0.4, 0.5) is 0 Å². The van der Waals surface area contributed by atoms with Gasteiger partial charge >= 0.3 is 0 Å². The third-order valence-electron chi connectivity index (χ3n) is 4.92. The Kier molecular flexibility index (Phi) is 3.22. The zero-order valence-corrected chi connectivity index (χ0v) is 14.3. The van der Waals surface area contributed by atoms with E-state index in [-0.39, 0.29) is 17.3 Å². The molecular weight excluding hydrogens is 312 g/mol. The van der Waals surface area contributed by atoms with Gasteiger partial charge in [-0.1, -0.05) is 36.4 Å². The quantitative estimate of drug-likeness (QED) is 0.384. The summed E-state index contributed by atoms with van der Waals surface area (Å²) >= 11 is 0. The van der Waals surface area contributed by atoms with Gasteiger partial charge in [0.15, 0.2) is 17.3 Å². The third kappa shape index (κ3) is 2.09. The van der Waals surface area contributed by atoms with Crippen molar-refractivity contribution >= 4 is 49.7 Å². The molecule has 4 rings (SSSR count). The van der Waals surface area contributed by atoms with Crippen molar-refractivity contribution in [2.24, 2.45) is 0 Å². The van der Waals surface area contributed by atoms with Crippen LogP contribution in [0.15, 0.2) is 42.5 Å². The SMILES string of the molecule is CC(=O)c1ccc2ccc3c(C(C)=O)cc(C(C)=O)c4ccc1c2c34. The summed E-state index contributed by atoms with van der Waals surface area (Å²) in [6.07, 6.45) is 0. The minimum atomic E-state index is -0.0766. The van der Waals surface area contributed by atoms with E-state index in [1.54, 1.807) is 13.0 Å². The second kappa shape index (κ2) is 5.21. The molecule has 0 aliphatic rings. The molecule has 0 saturated heterocycles. The summed E-state index contributed by atoms with van der Waals surface area (Å²) in [6.45, 7) is 4.57. The summed E-state index contributed by atoms with van der Waals surface area (Å²) < 4.78 is 0. The molecule has 0 aliphatic heterocycles. The Labute approximate surface area is 144 Å². The number of carbonyl (C=O) groups is 3. The number of Topliss-reactive ketones (excluding diaryl/α,β-unsaturated/α-hetero) is 3. The summed E-state index contributed by atoms with van der Waals surface area (Å²) in [5, 5.41) is 5.33. The van der Waals surface area contributed by atoms with Gasteiger partial charge in [-0.25, -0.2) is 0 Å². The fourth-order valence-corrected chi connectivity index (χ4v) is 3.79. The largest absolute Gasteiger partial charge is 0.294 e. The zero-order chi connectivity index (χ0) is 17.9. The van der Waals surface area contributed by atoms with Crippen molar-refractivity contribution in [2.75, 3.05) is 0 Å².